The molecule has 1 nitrogen and oxygen atoms in total. The van der Waals surface area contributed by atoms with E-state index in [0.717, 1.165) is 17.8 Å². The second-order valence-corrected chi connectivity index (χ2v) is 10.8. The van der Waals surface area contributed by atoms with Gasteiger partial charge in [0.15, 0.2) is 0 Å². The Morgan fingerprint density at radius 3 is 2.50 bits per heavy atom. The fourth-order valence-electron chi connectivity index (χ4n) is 7.50. The number of ketones is 1. The number of Topliss-reactive ketones (excluding diaryl/α,β-unsaturated/α-hetero) is 1. The molecule has 7 atom stereocenters. The van der Waals surface area contributed by atoms with Gasteiger partial charge in [-0.2, -0.15) is 0 Å². The van der Waals surface area contributed by atoms with Crippen LogP contribution in [0.1, 0.15) is 99.8 Å². The topological polar surface area (TPSA) is 17.1 Å². The molecule has 0 radical (unpaired) electrons. The molecule has 0 aromatic carbocycles. The molecule has 3 aliphatic rings. The summed E-state index contributed by atoms with van der Waals surface area (Å²) in [6, 6.07) is 0. The van der Waals surface area contributed by atoms with Crippen molar-refractivity contribution in [3.63, 3.8) is 0 Å². The molecule has 0 heterocycles. The van der Waals surface area contributed by atoms with Crippen LogP contribution in [0.2, 0.25) is 0 Å². The zero-order valence-electron chi connectivity index (χ0n) is 18.5. The summed E-state index contributed by atoms with van der Waals surface area (Å²) in [5, 5.41) is 0. The zero-order valence-corrected chi connectivity index (χ0v) is 18.5. The Labute approximate surface area is 162 Å². The molecule has 26 heavy (non-hydrogen) atoms. The molecule has 7 unspecified atom stereocenters. The Hall–Kier alpha value is -0.590. The second-order valence-electron chi connectivity index (χ2n) is 10.8. The van der Waals surface area contributed by atoms with Gasteiger partial charge in [-0.05, 0) is 93.3 Å². The van der Waals surface area contributed by atoms with Crippen molar-refractivity contribution in [2.24, 2.45) is 40.4 Å². The van der Waals surface area contributed by atoms with Gasteiger partial charge in [-0.1, -0.05) is 52.2 Å². The Kier molecular flexibility index (Phi) is 5.50. The molecule has 1 heteroatoms. The van der Waals surface area contributed by atoms with Crippen LogP contribution >= 0.6 is 0 Å². The monoisotopic (exact) mass is 358 g/mol. The average molecular weight is 359 g/mol. The van der Waals surface area contributed by atoms with E-state index >= 15 is 0 Å². The minimum Gasteiger partial charge on any atom is -0.300 e. The summed E-state index contributed by atoms with van der Waals surface area (Å²) in [5.41, 5.74) is 4.17. The third-order valence-corrected chi connectivity index (χ3v) is 9.35. The fraction of sp³-hybridized carbons (Fsp3) is 0.880. The first-order chi connectivity index (χ1) is 12.1. The molecule has 0 bridgehead atoms. The lowest BCUT2D eigenvalue weighted by atomic mass is 9.44. The molecular formula is C25H42O. The summed E-state index contributed by atoms with van der Waals surface area (Å²) < 4.78 is 0. The minimum atomic E-state index is 0.194. The van der Waals surface area contributed by atoms with Gasteiger partial charge in [0.25, 0.3) is 0 Å². The van der Waals surface area contributed by atoms with Gasteiger partial charge in [0.1, 0.15) is 5.78 Å². The first kappa shape index (κ1) is 20.2. The van der Waals surface area contributed by atoms with E-state index in [1.807, 2.05) is 12.5 Å². The van der Waals surface area contributed by atoms with E-state index < -0.39 is 0 Å². The van der Waals surface area contributed by atoms with E-state index in [-0.39, 0.29) is 11.3 Å². The highest BCUT2D eigenvalue weighted by Crippen LogP contribution is 2.65. The standard InChI is InChI=1S/C25H42O/c1-8-9-21-20-15-17(3)23-14-16(2)10-12-25(23,7)22(20)11-13-24(21,6)18(4)19(5)26/h16,18,20-22H,8-15H2,1-7H3. The summed E-state index contributed by atoms with van der Waals surface area (Å²) in [6.45, 7) is 16.3. The van der Waals surface area contributed by atoms with Crippen molar-refractivity contribution in [3.05, 3.63) is 11.1 Å². The molecule has 0 aromatic rings. The number of rotatable bonds is 4. The number of hydrogen-bond donors (Lipinski definition) is 0. The van der Waals surface area contributed by atoms with Gasteiger partial charge >= 0.3 is 0 Å². The zero-order chi connectivity index (χ0) is 19.3. The Morgan fingerprint density at radius 2 is 1.88 bits per heavy atom. The van der Waals surface area contributed by atoms with E-state index in [1.165, 1.54) is 51.4 Å². The lowest BCUT2D eigenvalue weighted by Gasteiger charge is -2.60. The van der Waals surface area contributed by atoms with Crippen LogP contribution in [0.4, 0.5) is 0 Å². The molecule has 0 aliphatic heterocycles. The van der Waals surface area contributed by atoms with E-state index in [2.05, 4.69) is 41.5 Å². The summed E-state index contributed by atoms with van der Waals surface area (Å²) in [4.78, 5) is 12.3. The third kappa shape index (κ3) is 3.02. The van der Waals surface area contributed by atoms with Gasteiger partial charge in [0.2, 0.25) is 0 Å². The van der Waals surface area contributed by atoms with Gasteiger partial charge < -0.3 is 0 Å². The van der Waals surface area contributed by atoms with Crippen LogP contribution in [-0.2, 0) is 4.79 Å². The number of fused-ring (bicyclic) bond motifs is 3. The lowest BCUT2D eigenvalue weighted by molar-refractivity contribution is -0.132. The minimum absolute atomic E-state index is 0.194. The van der Waals surface area contributed by atoms with Crippen molar-refractivity contribution >= 4 is 5.78 Å². The number of hydrogen-bond acceptors (Lipinski definition) is 1. The lowest BCUT2D eigenvalue weighted by Crippen LogP contribution is -2.53. The van der Waals surface area contributed by atoms with Crippen LogP contribution in [-0.4, -0.2) is 5.78 Å². The molecular weight excluding hydrogens is 316 g/mol. The normalized spacial score (nSPS) is 44.3. The van der Waals surface area contributed by atoms with Crippen molar-refractivity contribution in [2.75, 3.05) is 0 Å². The largest absolute Gasteiger partial charge is 0.300 e. The quantitative estimate of drug-likeness (QED) is 0.485. The highest BCUT2D eigenvalue weighted by atomic mass is 16.1. The van der Waals surface area contributed by atoms with Crippen LogP contribution in [0.25, 0.3) is 0 Å². The first-order valence-electron chi connectivity index (χ1n) is 11.3. The first-order valence-corrected chi connectivity index (χ1v) is 11.3. The van der Waals surface area contributed by atoms with Crippen molar-refractivity contribution in [3.8, 4) is 0 Å². The molecule has 3 aliphatic carbocycles. The van der Waals surface area contributed by atoms with Crippen molar-refractivity contribution in [2.45, 2.75) is 99.8 Å². The maximum Gasteiger partial charge on any atom is 0.133 e. The number of allylic oxidation sites excluding steroid dienone is 2. The van der Waals surface area contributed by atoms with E-state index in [1.54, 1.807) is 5.57 Å². The number of carbonyl (C=O) groups excluding carboxylic acids is 1. The summed E-state index contributed by atoms with van der Waals surface area (Å²) in [5.74, 6) is 3.80. The number of carbonyl (C=O) groups is 1. The maximum atomic E-state index is 12.3. The molecule has 0 amide bonds. The summed E-state index contributed by atoms with van der Waals surface area (Å²) in [6.07, 6.45) is 10.5. The van der Waals surface area contributed by atoms with Crippen LogP contribution in [0.5, 0.6) is 0 Å². The van der Waals surface area contributed by atoms with Gasteiger partial charge in [-0.15, -0.1) is 0 Å². The van der Waals surface area contributed by atoms with Crippen molar-refractivity contribution in [1.29, 1.82) is 0 Å². The van der Waals surface area contributed by atoms with Gasteiger partial charge in [0, 0.05) is 5.92 Å². The average Bonchev–Trinajstić information content (AvgIpc) is 2.58. The Bertz CT molecular complexity index is 587. The molecule has 2 saturated carbocycles. The van der Waals surface area contributed by atoms with E-state index in [0.29, 0.717) is 17.1 Å². The SMILES string of the molecule is CCCC1C2CC(C)=C3CC(C)CCC3(C)C2CCC1(C)C(C)C(C)=O. The molecule has 2 fully saturated rings. The Balaban J connectivity index is 2.01. The third-order valence-electron chi connectivity index (χ3n) is 9.35. The highest BCUT2D eigenvalue weighted by molar-refractivity contribution is 5.78. The summed E-state index contributed by atoms with van der Waals surface area (Å²) in [7, 11) is 0. The Morgan fingerprint density at radius 1 is 1.19 bits per heavy atom. The fourth-order valence-corrected chi connectivity index (χ4v) is 7.50. The maximum absolute atomic E-state index is 12.3. The molecule has 0 spiro atoms. The predicted octanol–water partition coefficient (Wildman–Crippen LogP) is 7.21. The van der Waals surface area contributed by atoms with Crippen LogP contribution in [0.15, 0.2) is 11.1 Å². The highest BCUT2D eigenvalue weighted by Gasteiger charge is 2.56. The molecule has 3 rings (SSSR count). The van der Waals surface area contributed by atoms with Crippen molar-refractivity contribution < 1.29 is 4.79 Å². The van der Waals surface area contributed by atoms with Gasteiger partial charge in [0.05, 0.1) is 0 Å². The molecule has 0 aromatic heterocycles. The van der Waals surface area contributed by atoms with Gasteiger partial charge in [-0.25, -0.2) is 0 Å². The molecule has 148 valence electrons. The second kappa shape index (κ2) is 7.10. The van der Waals surface area contributed by atoms with Crippen LogP contribution < -0.4 is 0 Å². The van der Waals surface area contributed by atoms with Crippen molar-refractivity contribution in [1.82, 2.24) is 0 Å². The predicted molar refractivity (Wildman–Crippen MR) is 111 cm³/mol. The molecule has 0 N–H and O–H groups in total. The van der Waals surface area contributed by atoms with Crippen LogP contribution in [0, 0.1) is 40.4 Å². The van der Waals surface area contributed by atoms with E-state index in [4.69, 9.17) is 0 Å². The molecule has 0 saturated heterocycles. The summed E-state index contributed by atoms with van der Waals surface area (Å²) >= 11 is 0. The van der Waals surface area contributed by atoms with E-state index in [9.17, 15) is 4.79 Å². The van der Waals surface area contributed by atoms with Crippen LogP contribution in [0.3, 0.4) is 0 Å². The smallest absolute Gasteiger partial charge is 0.133 e. The van der Waals surface area contributed by atoms with Gasteiger partial charge in [-0.3, -0.25) is 4.79 Å².